The quantitative estimate of drug-likeness (QED) is 0.712. The Morgan fingerprint density at radius 3 is 2.81 bits per heavy atom. The van der Waals surface area contributed by atoms with Gasteiger partial charge < -0.3 is 4.90 Å². The summed E-state index contributed by atoms with van der Waals surface area (Å²) in [4.78, 5) is 27.7. The topological polar surface area (TPSA) is 59.0 Å². The van der Waals surface area contributed by atoms with Crippen molar-refractivity contribution in [1.29, 1.82) is 0 Å². The van der Waals surface area contributed by atoms with Gasteiger partial charge in [-0.25, -0.2) is 4.98 Å². The van der Waals surface area contributed by atoms with Crippen LogP contribution >= 0.6 is 0 Å². The zero-order chi connectivity index (χ0) is 18.6. The Kier molecular flexibility index (Phi) is 5.10. The minimum Gasteiger partial charge on any atom is -0.337 e. The largest absolute Gasteiger partial charge is 0.337 e. The van der Waals surface area contributed by atoms with Gasteiger partial charge in [-0.3, -0.25) is 14.8 Å². The molecule has 0 spiro atoms. The number of carbonyl (C=O) groups excluding carboxylic acids is 1. The van der Waals surface area contributed by atoms with E-state index in [-0.39, 0.29) is 5.91 Å². The number of fused-ring (bicyclic) bond motifs is 1. The second kappa shape index (κ2) is 7.82. The summed E-state index contributed by atoms with van der Waals surface area (Å²) in [5, 5.41) is 1.19. The molecule has 0 saturated carbocycles. The van der Waals surface area contributed by atoms with E-state index in [2.05, 4.69) is 39.2 Å². The van der Waals surface area contributed by atoms with Crippen LogP contribution < -0.4 is 0 Å². The number of hydrogen-bond donors (Lipinski definition) is 0. The molecule has 1 aliphatic heterocycles. The number of carbonyl (C=O) groups is 1. The van der Waals surface area contributed by atoms with Crippen LogP contribution in [0, 0.1) is 12.8 Å². The normalized spacial score (nSPS) is 17.7. The molecule has 27 heavy (non-hydrogen) atoms. The summed E-state index contributed by atoms with van der Waals surface area (Å²) in [6.45, 7) is 3.44. The predicted octanol–water partition coefficient (Wildman–Crippen LogP) is 3.82. The summed E-state index contributed by atoms with van der Waals surface area (Å²) in [6, 6.07) is 10.5. The molecular formula is C22H24N4O. The molecule has 2 aromatic heterocycles. The van der Waals surface area contributed by atoms with Crippen molar-refractivity contribution in [2.24, 2.45) is 5.92 Å². The number of benzene rings is 1. The number of likely N-dealkylation sites (tertiary alicyclic amines) is 1. The van der Waals surface area contributed by atoms with Gasteiger partial charge in [0, 0.05) is 30.9 Å². The number of aromatic nitrogens is 3. The number of amides is 1. The molecule has 0 unspecified atom stereocenters. The van der Waals surface area contributed by atoms with E-state index in [4.69, 9.17) is 0 Å². The third kappa shape index (κ3) is 3.97. The van der Waals surface area contributed by atoms with Crippen molar-refractivity contribution >= 4 is 16.8 Å². The molecule has 0 bridgehead atoms. The van der Waals surface area contributed by atoms with Gasteiger partial charge in [-0.15, -0.1) is 0 Å². The van der Waals surface area contributed by atoms with Gasteiger partial charge in [-0.05, 0) is 50.2 Å². The standard InChI is InChI=1S/C22H24N4O/c1-16-14-25-20(15-24-16)22(27)26-11-4-5-17(9-12-26)13-19-7-2-6-18-8-3-10-23-21(18)19/h2-3,6-8,10,14-15,17H,4-5,9,11-13H2,1H3/t17-/m0/s1. The van der Waals surface area contributed by atoms with Crippen LogP contribution in [-0.4, -0.2) is 38.8 Å². The van der Waals surface area contributed by atoms with Gasteiger partial charge in [-0.1, -0.05) is 24.3 Å². The average molecular weight is 360 g/mol. The first-order valence-electron chi connectivity index (χ1n) is 9.61. The summed E-state index contributed by atoms with van der Waals surface area (Å²) >= 11 is 0. The van der Waals surface area contributed by atoms with Crippen LogP contribution in [-0.2, 0) is 6.42 Å². The molecule has 1 aliphatic rings. The Morgan fingerprint density at radius 1 is 1.07 bits per heavy atom. The van der Waals surface area contributed by atoms with E-state index in [0.29, 0.717) is 11.6 Å². The molecule has 3 heterocycles. The van der Waals surface area contributed by atoms with Crippen molar-refractivity contribution in [3.05, 3.63) is 65.9 Å². The highest BCUT2D eigenvalue weighted by Crippen LogP contribution is 2.25. The Labute approximate surface area is 159 Å². The summed E-state index contributed by atoms with van der Waals surface area (Å²) in [5.41, 5.74) is 3.68. The molecule has 4 rings (SSSR count). The number of hydrogen-bond acceptors (Lipinski definition) is 4. The van der Waals surface area contributed by atoms with Crippen molar-refractivity contribution in [3.8, 4) is 0 Å². The molecule has 1 atom stereocenters. The molecule has 1 fully saturated rings. The van der Waals surface area contributed by atoms with Crippen LogP contribution in [0.4, 0.5) is 0 Å². The van der Waals surface area contributed by atoms with Crippen molar-refractivity contribution in [2.75, 3.05) is 13.1 Å². The second-order valence-corrected chi connectivity index (χ2v) is 7.33. The van der Waals surface area contributed by atoms with Gasteiger partial charge in [0.2, 0.25) is 0 Å². The van der Waals surface area contributed by atoms with E-state index in [1.807, 2.05) is 24.1 Å². The van der Waals surface area contributed by atoms with Gasteiger partial charge in [-0.2, -0.15) is 0 Å². The number of rotatable bonds is 3. The maximum atomic E-state index is 12.7. The second-order valence-electron chi connectivity index (χ2n) is 7.33. The molecule has 138 valence electrons. The Balaban J connectivity index is 1.44. The molecule has 5 heteroatoms. The van der Waals surface area contributed by atoms with Crippen LogP contribution in [0.2, 0.25) is 0 Å². The zero-order valence-electron chi connectivity index (χ0n) is 15.6. The van der Waals surface area contributed by atoms with E-state index in [9.17, 15) is 4.79 Å². The Bertz CT molecular complexity index is 933. The summed E-state index contributed by atoms with van der Waals surface area (Å²) in [6.07, 6.45) is 9.28. The van der Waals surface area contributed by atoms with Gasteiger partial charge in [0.05, 0.1) is 17.4 Å². The van der Waals surface area contributed by atoms with E-state index in [1.54, 1.807) is 12.4 Å². The molecule has 5 nitrogen and oxygen atoms in total. The fourth-order valence-electron chi connectivity index (χ4n) is 3.88. The van der Waals surface area contributed by atoms with Gasteiger partial charge in [0.25, 0.3) is 5.91 Å². The third-order valence-corrected chi connectivity index (χ3v) is 5.36. The fraction of sp³-hybridized carbons (Fsp3) is 0.364. The maximum Gasteiger partial charge on any atom is 0.274 e. The molecule has 1 amide bonds. The number of para-hydroxylation sites is 1. The predicted molar refractivity (Wildman–Crippen MR) is 105 cm³/mol. The van der Waals surface area contributed by atoms with Gasteiger partial charge in [0.15, 0.2) is 0 Å². The third-order valence-electron chi connectivity index (χ3n) is 5.36. The summed E-state index contributed by atoms with van der Waals surface area (Å²) < 4.78 is 0. The first-order valence-corrected chi connectivity index (χ1v) is 9.61. The van der Waals surface area contributed by atoms with E-state index < -0.39 is 0 Å². The van der Waals surface area contributed by atoms with Crippen molar-refractivity contribution in [3.63, 3.8) is 0 Å². The van der Waals surface area contributed by atoms with Gasteiger partial charge >= 0.3 is 0 Å². The molecule has 0 N–H and O–H groups in total. The number of nitrogens with zero attached hydrogens (tertiary/aromatic N) is 4. The lowest BCUT2D eigenvalue weighted by molar-refractivity contribution is 0.0753. The summed E-state index contributed by atoms with van der Waals surface area (Å²) in [5.74, 6) is 0.564. The van der Waals surface area contributed by atoms with Crippen molar-refractivity contribution in [2.45, 2.75) is 32.6 Å². The lowest BCUT2D eigenvalue weighted by Gasteiger charge is -2.20. The first-order chi connectivity index (χ1) is 13.2. The van der Waals surface area contributed by atoms with Crippen LogP contribution in [0.3, 0.4) is 0 Å². The minimum atomic E-state index is -0.00465. The van der Waals surface area contributed by atoms with E-state index in [0.717, 1.165) is 50.0 Å². The molecule has 1 aromatic carbocycles. The Morgan fingerprint density at radius 2 is 1.96 bits per heavy atom. The smallest absolute Gasteiger partial charge is 0.274 e. The highest BCUT2D eigenvalue weighted by atomic mass is 16.2. The van der Waals surface area contributed by atoms with Crippen LogP contribution in [0.25, 0.3) is 10.9 Å². The lowest BCUT2D eigenvalue weighted by Crippen LogP contribution is -2.32. The minimum absolute atomic E-state index is 0.00465. The monoisotopic (exact) mass is 360 g/mol. The highest BCUT2D eigenvalue weighted by molar-refractivity contribution is 5.92. The van der Waals surface area contributed by atoms with Crippen LogP contribution in [0.15, 0.2) is 48.9 Å². The number of aryl methyl sites for hydroxylation is 1. The number of pyridine rings is 1. The maximum absolute atomic E-state index is 12.7. The summed E-state index contributed by atoms with van der Waals surface area (Å²) in [7, 11) is 0. The highest BCUT2D eigenvalue weighted by Gasteiger charge is 2.23. The average Bonchev–Trinajstić information content (AvgIpc) is 2.94. The molecule has 0 aliphatic carbocycles. The van der Waals surface area contributed by atoms with Gasteiger partial charge in [0.1, 0.15) is 5.69 Å². The fourth-order valence-corrected chi connectivity index (χ4v) is 3.88. The van der Waals surface area contributed by atoms with E-state index >= 15 is 0 Å². The van der Waals surface area contributed by atoms with Crippen molar-refractivity contribution in [1.82, 2.24) is 19.9 Å². The SMILES string of the molecule is Cc1cnc(C(=O)N2CCC[C@H](Cc3cccc4cccnc34)CC2)cn1. The first kappa shape index (κ1) is 17.6. The van der Waals surface area contributed by atoms with E-state index in [1.165, 1.54) is 10.9 Å². The van der Waals surface area contributed by atoms with Crippen molar-refractivity contribution < 1.29 is 4.79 Å². The Hall–Kier alpha value is -2.82. The zero-order valence-corrected chi connectivity index (χ0v) is 15.6. The van der Waals surface area contributed by atoms with Crippen LogP contribution in [0.1, 0.15) is 41.0 Å². The molecule has 1 saturated heterocycles. The van der Waals surface area contributed by atoms with Crippen LogP contribution in [0.5, 0.6) is 0 Å². The molecular weight excluding hydrogens is 336 g/mol. The molecule has 3 aromatic rings. The lowest BCUT2D eigenvalue weighted by atomic mass is 9.91. The molecule has 0 radical (unpaired) electrons.